The first kappa shape index (κ1) is 13.1. The number of hydrogen-bond donors (Lipinski definition) is 0. The Morgan fingerprint density at radius 3 is 2.07 bits per heavy atom. The lowest BCUT2D eigenvalue weighted by atomic mass is 9.85. The number of carbonyl (C=O) groups is 1. The van der Waals surface area contributed by atoms with E-state index in [1.165, 1.54) is 7.11 Å². The van der Waals surface area contributed by atoms with Crippen LogP contribution < -0.4 is 0 Å². The van der Waals surface area contributed by atoms with Gasteiger partial charge in [-0.3, -0.25) is 4.79 Å². The Kier molecular flexibility index (Phi) is 5.70. The van der Waals surface area contributed by atoms with E-state index in [9.17, 15) is 4.79 Å². The zero-order valence-electron chi connectivity index (χ0n) is 8.62. The van der Waals surface area contributed by atoms with Crippen LogP contribution in [0.3, 0.4) is 0 Å². The average molecular weight is 212 g/mol. The summed E-state index contributed by atoms with van der Waals surface area (Å²) in [4.78, 5) is 16.6. The van der Waals surface area contributed by atoms with Gasteiger partial charge in [0.15, 0.2) is 0 Å². The van der Waals surface area contributed by atoms with Gasteiger partial charge in [-0.05, 0) is 17.5 Å². The molecular weight excluding hydrogens is 200 g/mol. The van der Waals surface area contributed by atoms with E-state index in [1.54, 1.807) is 6.92 Å². The zero-order valence-corrected chi connectivity index (χ0v) is 8.62. The van der Waals surface area contributed by atoms with E-state index < -0.39 is 11.4 Å². The van der Waals surface area contributed by atoms with Crippen molar-refractivity contribution in [2.45, 2.75) is 13.3 Å². The van der Waals surface area contributed by atoms with Crippen molar-refractivity contribution < 1.29 is 9.53 Å². The van der Waals surface area contributed by atoms with Gasteiger partial charge in [-0.15, -0.1) is 0 Å². The smallest absolute Gasteiger partial charge is 0.312 e. The van der Waals surface area contributed by atoms with Gasteiger partial charge in [0, 0.05) is 22.9 Å². The second kappa shape index (κ2) is 6.53. The highest BCUT2D eigenvalue weighted by Crippen LogP contribution is 2.25. The minimum absolute atomic E-state index is 0.0777. The Bertz CT molecular complexity index is 295. The second-order valence-corrected chi connectivity index (χ2v) is 2.90. The van der Waals surface area contributed by atoms with Crippen LogP contribution in [0.2, 0.25) is 0 Å². The predicted octanol–water partition coefficient (Wildman–Crippen LogP) is 2.18. The normalized spacial score (nSPS) is 12.9. The van der Waals surface area contributed by atoms with Gasteiger partial charge in [0.25, 0.3) is 0 Å². The molecule has 0 unspecified atom stereocenters. The standard InChI is InChI=1S/C7H12N6O2/c1-3-7(4-10-12-8,5-11-13-9)6(14)15-2/h3-5H2,1-2H3. The molecule has 0 spiro atoms. The average Bonchev–Trinajstić information content (AvgIpc) is 2.29. The van der Waals surface area contributed by atoms with E-state index in [2.05, 4.69) is 24.8 Å². The monoisotopic (exact) mass is 212 g/mol. The largest absolute Gasteiger partial charge is 0.469 e. The van der Waals surface area contributed by atoms with Crippen molar-refractivity contribution in [1.29, 1.82) is 0 Å². The molecule has 0 aliphatic heterocycles. The maximum Gasteiger partial charge on any atom is 0.312 e. The quantitative estimate of drug-likeness (QED) is 0.289. The highest BCUT2D eigenvalue weighted by Gasteiger charge is 2.36. The molecule has 82 valence electrons. The summed E-state index contributed by atoms with van der Waals surface area (Å²) in [6.45, 7) is 1.58. The summed E-state index contributed by atoms with van der Waals surface area (Å²) in [5, 5.41) is 6.67. The summed E-state index contributed by atoms with van der Waals surface area (Å²) >= 11 is 0. The minimum Gasteiger partial charge on any atom is -0.469 e. The number of methoxy groups -OCH3 is 1. The van der Waals surface area contributed by atoms with Gasteiger partial charge in [-0.2, -0.15) is 0 Å². The molecule has 0 atom stereocenters. The predicted molar refractivity (Wildman–Crippen MR) is 52.8 cm³/mol. The van der Waals surface area contributed by atoms with Crippen molar-refractivity contribution >= 4 is 5.97 Å². The Balaban J connectivity index is 4.97. The van der Waals surface area contributed by atoms with Crippen LogP contribution in [0, 0.1) is 5.41 Å². The van der Waals surface area contributed by atoms with Crippen LogP contribution in [0.15, 0.2) is 10.2 Å². The highest BCUT2D eigenvalue weighted by molar-refractivity contribution is 5.77. The number of ether oxygens (including phenoxy) is 1. The molecule has 0 aromatic carbocycles. The Labute approximate surface area is 86.5 Å². The third-order valence-electron chi connectivity index (χ3n) is 2.17. The molecule has 0 saturated carbocycles. The molecule has 0 amide bonds. The summed E-state index contributed by atoms with van der Waals surface area (Å²) in [6, 6.07) is 0. The molecule has 0 bridgehead atoms. The summed E-state index contributed by atoms with van der Waals surface area (Å²) in [7, 11) is 1.24. The van der Waals surface area contributed by atoms with Crippen LogP contribution in [0.25, 0.3) is 20.9 Å². The third-order valence-corrected chi connectivity index (χ3v) is 2.17. The topological polar surface area (TPSA) is 124 Å². The Morgan fingerprint density at radius 1 is 1.33 bits per heavy atom. The van der Waals surface area contributed by atoms with Gasteiger partial charge in [0.05, 0.1) is 12.5 Å². The zero-order chi connectivity index (χ0) is 11.7. The van der Waals surface area contributed by atoms with Gasteiger partial charge in [0.2, 0.25) is 0 Å². The molecule has 0 aromatic rings. The van der Waals surface area contributed by atoms with Crippen LogP contribution in [0.4, 0.5) is 0 Å². The molecule has 0 aromatic heterocycles. The molecule has 0 rings (SSSR count). The van der Waals surface area contributed by atoms with E-state index in [4.69, 9.17) is 11.1 Å². The lowest BCUT2D eigenvalue weighted by Crippen LogP contribution is -2.37. The van der Waals surface area contributed by atoms with E-state index in [-0.39, 0.29) is 13.1 Å². The van der Waals surface area contributed by atoms with Crippen LogP contribution >= 0.6 is 0 Å². The fraction of sp³-hybridized carbons (Fsp3) is 0.857. The highest BCUT2D eigenvalue weighted by atomic mass is 16.5. The molecular formula is C7H12N6O2. The molecule has 15 heavy (non-hydrogen) atoms. The first-order valence-electron chi connectivity index (χ1n) is 4.27. The molecule has 0 fully saturated rings. The van der Waals surface area contributed by atoms with Crippen molar-refractivity contribution in [3.8, 4) is 0 Å². The van der Waals surface area contributed by atoms with E-state index >= 15 is 0 Å². The number of esters is 1. The number of carbonyl (C=O) groups excluding carboxylic acids is 1. The minimum atomic E-state index is -1.05. The lowest BCUT2D eigenvalue weighted by molar-refractivity contribution is -0.151. The van der Waals surface area contributed by atoms with E-state index in [0.29, 0.717) is 6.42 Å². The van der Waals surface area contributed by atoms with Gasteiger partial charge in [0.1, 0.15) is 0 Å². The molecule has 0 saturated heterocycles. The van der Waals surface area contributed by atoms with Crippen LogP contribution in [0.1, 0.15) is 13.3 Å². The molecule has 0 heterocycles. The molecule has 0 radical (unpaired) electrons. The third kappa shape index (κ3) is 3.38. The first-order valence-corrected chi connectivity index (χ1v) is 4.27. The fourth-order valence-electron chi connectivity index (χ4n) is 1.10. The molecule has 8 nitrogen and oxygen atoms in total. The van der Waals surface area contributed by atoms with Crippen molar-refractivity contribution in [2.75, 3.05) is 20.2 Å². The van der Waals surface area contributed by atoms with E-state index in [1.807, 2.05) is 0 Å². The summed E-state index contributed by atoms with van der Waals surface area (Å²) in [6.07, 6.45) is 0.373. The van der Waals surface area contributed by atoms with Crippen molar-refractivity contribution in [3.63, 3.8) is 0 Å². The SMILES string of the molecule is CCC(CN=[N+]=[N-])(CN=[N+]=[N-])C(=O)OC. The van der Waals surface area contributed by atoms with Crippen LogP contribution in [-0.2, 0) is 9.53 Å². The van der Waals surface area contributed by atoms with Crippen LogP contribution in [0.5, 0.6) is 0 Å². The summed E-state index contributed by atoms with van der Waals surface area (Å²) < 4.78 is 4.60. The number of rotatable bonds is 6. The number of azide groups is 2. The number of hydrogen-bond acceptors (Lipinski definition) is 4. The Hall–Kier alpha value is -1.91. The maximum atomic E-state index is 11.5. The van der Waals surface area contributed by atoms with Gasteiger partial charge >= 0.3 is 5.97 Å². The molecule has 0 aliphatic carbocycles. The van der Waals surface area contributed by atoms with Crippen molar-refractivity contribution in [2.24, 2.45) is 15.6 Å². The Morgan fingerprint density at radius 2 is 1.80 bits per heavy atom. The van der Waals surface area contributed by atoms with Crippen molar-refractivity contribution in [3.05, 3.63) is 20.9 Å². The maximum absolute atomic E-state index is 11.5. The lowest BCUT2D eigenvalue weighted by Gasteiger charge is -2.25. The molecule has 0 N–H and O–H groups in total. The van der Waals surface area contributed by atoms with Gasteiger partial charge in [-0.1, -0.05) is 17.2 Å². The summed E-state index contributed by atoms with van der Waals surface area (Å²) in [5.41, 5.74) is 15.4. The molecule has 0 aliphatic rings. The van der Waals surface area contributed by atoms with Crippen LogP contribution in [-0.4, -0.2) is 26.2 Å². The number of nitrogens with zero attached hydrogens (tertiary/aromatic N) is 6. The fourth-order valence-corrected chi connectivity index (χ4v) is 1.10. The second-order valence-electron chi connectivity index (χ2n) is 2.90. The van der Waals surface area contributed by atoms with Crippen molar-refractivity contribution in [1.82, 2.24) is 0 Å². The van der Waals surface area contributed by atoms with Gasteiger partial charge in [-0.25, -0.2) is 0 Å². The summed E-state index contributed by atoms with van der Waals surface area (Å²) in [5.74, 6) is -0.537. The molecule has 8 heteroatoms. The first-order chi connectivity index (χ1) is 7.16. The van der Waals surface area contributed by atoms with Gasteiger partial charge < -0.3 is 4.74 Å². The van der Waals surface area contributed by atoms with E-state index in [0.717, 1.165) is 0 Å².